The number of nitrogens with zero attached hydrogens (tertiary/aromatic N) is 2. The van der Waals surface area contributed by atoms with E-state index in [1.54, 1.807) is 7.11 Å². The summed E-state index contributed by atoms with van der Waals surface area (Å²) in [4.78, 5) is 20.7. The first-order chi connectivity index (χ1) is 14.6. The minimum Gasteiger partial charge on any atom is -0.378 e. The molecule has 1 fully saturated rings. The van der Waals surface area contributed by atoms with E-state index in [4.69, 9.17) is 4.74 Å². The molecule has 1 aliphatic heterocycles. The molecule has 30 heavy (non-hydrogen) atoms. The number of hydrogen-bond acceptors (Lipinski definition) is 3. The van der Waals surface area contributed by atoms with Gasteiger partial charge in [0.05, 0.1) is 6.61 Å². The van der Waals surface area contributed by atoms with Gasteiger partial charge in [0.1, 0.15) is 0 Å². The normalized spacial score (nSPS) is 23.2. The highest BCUT2D eigenvalue weighted by Crippen LogP contribution is 2.44. The molecule has 2 aliphatic rings. The van der Waals surface area contributed by atoms with Crippen LogP contribution in [0.1, 0.15) is 43.0 Å². The van der Waals surface area contributed by atoms with Gasteiger partial charge >= 0.3 is 6.03 Å². The summed E-state index contributed by atoms with van der Waals surface area (Å²) in [6, 6.07) is 7.16. The Balaban J connectivity index is 1.68. The molecule has 162 valence electrons. The van der Waals surface area contributed by atoms with Crippen LogP contribution in [0.25, 0.3) is 10.9 Å². The monoisotopic (exact) mass is 410 g/mol. The summed E-state index contributed by atoms with van der Waals surface area (Å²) in [6.07, 6.45) is 3.95. The summed E-state index contributed by atoms with van der Waals surface area (Å²) in [5.41, 5.74) is 5.17. The van der Waals surface area contributed by atoms with Crippen molar-refractivity contribution in [2.75, 3.05) is 33.3 Å². The number of piperidine rings is 1. The van der Waals surface area contributed by atoms with Gasteiger partial charge in [0.25, 0.3) is 0 Å². The summed E-state index contributed by atoms with van der Waals surface area (Å²) in [5, 5.41) is 4.67. The minimum absolute atomic E-state index is 0.0423. The smallest absolute Gasteiger partial charge is 0.317 e. The Bertz CT molecular complexity index is 917. The molecule has 2 amide bonds. The van der Waals surface area contributed by atoms with Crippen molar-refractivity contribution in [1.82, 2.24) is 20.1 Å². The van der Waals surface area contributed by atoms with Gasteiger partial charge < -0.3 is 19.9 Å². The van der Waals surface area contributed by atoms with E-state index in [-0.39, 0.29) is 12.1 Å². The molecule has 4 rings (SSSR count). The first-order valence-corrected chi connectivity index (χ1v) is 11.1. The van der Waals surface area contributed by atoms with E-state index in [1.165, 1.54) is 27.7 Å². The van der Waals surface area contributed by atoms with Crippen LogP contribution in [-0.4, -0.2) is 66.2 Å². The molecular weight excluding hydrogens is 376 g/mol. The molecule has 6 nitrogen and oxygen atoms in total. The molecule has 0 radical (unpaired) electrons. The van der Waals surface area contributed by atoms with Crippen LogP contribution >= 0.6 is 0 Å². The van der Waals surface area contributed by atoms with Crippen LogP contribution in [0.5, 0.6) is 0 Å². The van der Waals surface area contributed by atoms with Crippen LogP contribution in [0.15, 0.2) is 30.9 Å². The van der Waals surface area contributed by atoms with Crippen LogP contribution < -0.4 is 5.32 Å². The number of ether oxygens (including phenoxy) is 1. The number of fused-ring (bicyclic) bond motifs is 2. The van der Waals surface area contributed by atoms with E-state index in [9.17, 15) is 4.79 Å². The SMILES string of the molecule is C=CCN1C[C@@H](NC(=O)N(CC)CC)CC2c3cccc4[nH]c(COC)c(c34)C[C@H]21. The Morgan fingerprint density at radius 2 is 2.20 bits per heavy atom. The molecule has 3 atom stereocenters. The lowest BCUT2D eigenvalue weighted by Gasteiger charge is -2.47. The highest BCUT2D eigenvalue weighted by Gasteiger charge is 2.41. The van der Waals surface area contributed by atoms with Crippen molar-refractivity contribution in [3.05, 3.63) is 47.7 Å². The fourth-order valence-corrected chi connectivity index (χ4v) is 5.48. The largest absolute Gasteiger partial charge is 0.378 e. The number of carbonyl (C=O) groups is 1. The second-order valence-corrected chi connectivity index (χ2v) is 8.46. The van der Waals surface area contributed by atoms with Crippen molar-refractivity contribution in [3.63, 3.8) is 0 Å². The summed E-state index contributed by atoms with van der Waals surface area (Å²) in [6.45, 7) is 11.8. The quantitative estimate of drug-likeness (QED) is 0.685. The summed E-state index contributed by atoms with van der Waals surface area (Å²) >= 11 is 0. The van der Waals surface area contributed by atoms with Crippen molar-refractivity contribution in [3.8, 4) is 0 Å². The van der Waals surface area contributed by atoms with Gasteiger partial charge in [-0.05, 0) is 43.9 Å². The Morgan fingerprint density at radius 3 is 2.90 bits per heavy atom. The van der Waals surface area contributed by atoms with Gasteiger partial charge in [0, 0.05) is 67.9 Å². The van der Waals surface area contributed by atoms with E-state index in [1.807, 2.05) is 24.8 Å². The van der Waals surface area contributed by atoms with Gasteiger partial charge in [-0.1, -0.05) is 18.2 Å². The maximum atomic E-state index is 12.7. The highest BCUT2D eigenvalue weighted by molar-refractivity contribution is 5.89. The zero-order chi connectivity index (χ0) is 21.3. The lowest BCUT2D eigenvalue weighted by Crippen LogP contribution is -2.57. The zero-order valence-corrected chi connectivity index (χ0v) is 18.4. The van der Waals surface area contributed by atoms with Gasteiger partial charge in [-0.25, -0.2) is 4.79 Å². The maximum Gasteiger partial charge on any atom is 0.317 e. The van der Waals surface area contributed by atoms with Gasteiger partial charge in [0.2, 0.25) is 0 Å². The zero-order valence-electron chi connectivity index (χ0n) is 18.4. The topological polar surface area (TPSA) is 60.6 Å². The number of rotatable bonds is 7. The molecule has 0 bridgehead atoms. The second-order valence-electron chi connectivity index (χ2n) is 8.46. The molecule has 6 heteroatoms. The van der Waals surface area contributed by atoms with Crippen LogP contribution in [0.2, 0.25) is 0 Å². The number of aromatic nitrogens is 1. The van der Waals surface area contributed by atoms with Crippen molar-refractivity contribution < 1.29 is 9.53 Å². The van der Waals surface area contributed by atoms with Crippen molar-refractivity contribution in [2.45, 2.75) is 51.3 Å². The van der Waals surface area contributed by atoms with Gasteiger partial charge in [-0.3, -0.25) is 4.90 Å². The lowest BCUT2D eigenvalue weighted by atomic mass is 9.73. The minimum atomic E-state index is 0.0423. The molecule has 1 aliphatic carbocycles. The summed E-state index contributed by atoms with van der Waals surface area (Å²) in [5.74, 6) is 0.392. The molecule has 1 aromatic carbocycles. The predicted octanol–water partition coefficient (Wildman–Crippen LogP) is 3.63. The number of benzene rings is 1. The number of likely N-dealkylation sites (tertiary alicyclic amines) is 1. The van der Waals surface area contributed by atoms with E-state index in [0.29, 0.717) is 18.6 Å². The third-order valence-corrected chi connectivity index (χ3v) is 6.82. The molecule has 2 aromatic rings. The fourth-order valence-electron chi connectivity index (χ4n) is 5.48. The molecule has 1 saturated heterocycles. The maximum absolute atomic E-state index is 12.7. The Morgan fingerprint density at radius 1 is 1.40 bits per heavy atom. The van der Waals surface area contributed by atoms with Crippen LogP contribution in [0.3, 0.4) is 0 Å². The average Bonchev–Trinajstić information content (AvgIpc) is 3.09. The fraction of sp³-hybridized carbons (Fsp3) is 0.542. The molecular formula is C24H34N4O2. The number of carbonyl (C=O) groups excluding carboxylic acids is 1. The standard InChI is InChI=1S/C24H34N4O2/c1-5-11-28-14-16(25-24(29)27(6-2)7-3)12-18-17-9-8-10-20-23(17)19(13-22(18)28)21(26-20)15-30-4/h5,8-10,16,18,22,26H,1,6-7,11-15H2,2-4H3,(H,25,29)/t16-,18?,22+/m0/s1. The number of nitrogens with one attached hydrogen (secondary N) is 2. The third-order valence-electron chi connectivity index (χ3n) is 6.82. The number of amides is 2. The first-order valence-electron chi connectivity index (χ1n) is 11.1. The third kappa shape index (κ3) is 3.63. The van der Waals surface area contributed by atoms with Gasteiger partial charge in [-0.15, -0.1) is 6.58 Å². The van der Waals surface area contributed by atoms with Gasteiger partial charge in [0.15, 0.2) is 0 Å². The van der Waals surface area contributed by atoms with E-state index < -0.39 is 0 Å². The lowest BCUT2D eigenvalue weighted by molar-refractivity contribution is 0.109. The van der Waals surface area contributed by atoms with E-state index in [2.05, 4.69) is 40.0 Å². The molecule has 1 unspecified atom stereocenters. The van der Waals surface area contributed by atoms with Crippen molar-refractivity contribution >= 4 is 16.9 Å². The van der Waals surface area contributed by atoms with Gasteiger partial charge in [-0.2, -0.15) is 0 Å². The molecule has 2 heterocycles. The molecule has 0 spiro atoms. The molecule has 2 N–H and O–H groups in total. The molecule has 1 aromatic heterocycles. The Hall–Kier alpha value is -2.31. The second kappa shape index (κ2) is 8.82. The van der Waals surface area contributed by atoms with Crippen molar-refractivity contribution in [1.29, 1.82) is 0 Å². The van der Waals surface area contributed by atoms with Crippen molar-refractivity contribution in [2.24, 2.45) is 0 Å². The molecule has 0 saturated carbocycles. The highest BCUT2D eigenvalue weighted by atomic mass is 16.5. The number of aromatic amines is 1. The number of methoxy groups -OCH3 is 1. The Kier molecular flexibility index (Phi) is 6.16. The van der Waals surface area contributed by atoms with E-state index >= 15 is 0 Å². The van der Waals surface area contributed by atoms with Crippen LogP contribution in [0.4, 0.5) is 4.79 Å². The average molecular weight is 411 g/mol. The summed E-state index contributed by atoms with van der Waals surface area (Å²) in [7, 11) is 1.75. The van der Waals surface area contributed by atoms with Crippen LogP contribution in [-0.2, 0) is 17.8 Å². The first kappa shape index (κ1) is 20.9. The number of hydrogen-bond donors (Lipinski definition) is 2. The number of urea groups is 1. The predicted molar refractivity (Wildman–Crippen MR) is 121 cm³/mol. The summed E-state index contributed by atoms with van der Waals surface area (Å²) < 4.78 is 5.47. The van der Waals surface area contributed by atoms with Crippen LogP contribution in [0, 0.1) is 0 Å². The van der Waals surface area contributed by atoms with E-state index in [0.717, 1.165) is 39.0 Å². The Labute approximate surface area is 179 Å². The number of H-pyrrole nitrogens is 1.